The fourth-order valence-corrected chi connectivity index (χ4v) is 4.37. The number of nitrogens with zero attached hydrogens (tertiary/aromatic N) is 3. The van der Waals surface area contributed by atoms with Crippen LogP contribution in [0.25, 0.3) is 22.5 Å². The Bertz CT molecular complexity index is 1450. The fourth-order valence-electron chi connectivity index (χ4n) is 4.37. The molecule has 0 radical (unpaired) electrons. The van der Waals surface area contributed by atoms with Crippen molar-refractivity contribution in [1.29, 1.82) is 0 Å². The largest absolute Gasteiger partial charge is 0.493 e. The lowest BCUT2D eigenvalue weighted by Crippen LogP contribution is -2.38. The number of nitrogens with one attached hydrogen (secondary N) is 3. The Morgan fingerprint density at radius 2 is 1.76 bits per heavy atom. The minimum Gasteiger partial charge on any atom is -0.493 e. The second kappa shape index (κ2) is 12.4. The number of carbonyl (C=O) groups excluding carboxylic acids is 1. The average molecular weight is 561 g/mol. The number of aromatic nitrogens is 3. The molecule has 0 bridgehead atoms. The first-order chi connectivity index (χ1) is 19.8. The standard InChI is InChI=1S/C30H36N6O5/c1-30(2,3)27-19-28(35-41-27)32-29(37)31-22-8-5-20(6-9-22)23-18-24(34-33-23)21-7-10-25(26(17-21)38-4)40-16-13-36-11-14-39-15-12-36/h5-10,17-19H,11-16H2,1-4H3,(H,33,34)(H2,31,32,35,37). The van der Waals surface area contributed by atoms with E-state index in [0.29, 0.717) is 35.4 Å². The van der Waals surface area contributed by atoms with Crippen molar-refractivity contribution in [3.63, 3.8) is 0 Å². The van der Waals surface area contributed by atoms with Gasteiger partial charge in [0.25, 0.3) is 0 Å². The predicted molar refractivity (Wildman–Crippen MR) is 157 cm³/mol. The molecule has 5 rings (SSSR count). The van der Waals surface area contributed by atoms with Crippen LogP contribution in [-0.4, -0.2) is 72.8 Å². The molecule has 1 saturated heterocycles. The molecule has 41 heavy (non-hydrogen) atoms. The normalized spacial score (nSPS) is 14.0. The fraction of sp³-hybridized carbons (Fsp3) is 0.367. The first kappa shape index (κ1) is 28.2. The molecule has 2 amide bonds. The van der Waals surface area contributed by atoms with E-state index >= 15 is 0 Å². The quantitative estimate of drug-likeness (QED) is 0.249. The summed E-state index contributed by atoms with van der Waals surface area (Å²) in [5, 5.41) is 17.0. The van der Waals surface area contributed by atoms with E-state index < -0.39 is 6.03 Å². The zero-order valence-corrected chi connectivity index (χ0v) is 23.8. The van der Waals surface area contributed by atoms with E-state index in [9.17, 15) is 4.79 Å². The molecular weight excluding hydrogens is 524 g/mol. The monoisotopic (exact) mass is 560 g/mol. The number of ether oxygens (including phenoxy) is 3. The summed E-state index contributed by atoms with van der Waals surface area (Å²) in [4.78, 5) is 14.7. The van der Waals surface area contributed by atoms with Gasteiger partial charge in [0, 0.05) is 42.4 Å². The van der Waals surface area contributed by atoms with Gasteiger partial charge in [-0.15, -0.1) is 0 Å². The van der Waals surface area contributed by atoms with Gasteiger partial charge in [-0.2, -0.15) is 5.10 Å². The van der Waals surface area contributed by atoms with Gasteiger partial charge in [-0.1, -0.05) is 38.1 Å². The van der Waals surface area contributed by atoms with E-state index in [0.717, 1.165) is 55.4 Å². The average Bonchev–Trinajstić information content (AvgIpc) is 3.65. The number of anilines is 2. The third-order valence-electron chi connectivity index (χ3n) is 6.75. The molecule has 216 valence electrons. The first-order valence-electron chi connectivity index (χ1n) is 13.6. The number of aromatic amines is 1. The number of amides is 2. The van der Waals surface area contributed by atoms with Gasteiger partial charge < -0.3 is 24.1 Å². The van der Waals surface area contributed by atoms with Gasteiger partial charge in [0.15, 0.2) is 17.3 Å². The number of carbonyl (C=O) groups is 1. The highest BCUT2D eigenvalue weighted by molar-refractivity contribution is 5.99. The molecule has 0 spiro atoms. The highest BCUT2D eigenvalue weighted by Crippen LogP contribution is 2.33. The maximum atomic E-state index is 12.4. The highest BCUT2D eigenvalue weighted by Gasteiger charge is 2.20. The Kier molecular flexibility index (Phi) is 8.55. The van der Waals surface area contributed by atoms with E-state index in [4.69, 9.17) is 18.7 Å². The topological polar surface area (TPSA) is 127 Å². The number of rotatable bonds is 9. The van der Waals surface area contributed by atoms with Gasteiger partial charge in [0.1, 0.15) is 12.4 Å². The van der Waals surface area contributed by atoms with Gasteiger partial charge in [-0.05, 0) is 42.0 Å². The molecule has 3 N–H and O–H groups in total. The number of hydrogen-bond acceptors (Lipinski definition) is 8. The van der Waals surface area contributed by atoms with Crippen molar-refractivity contribution in [3.8, 4) is 34.0 Å². The molecular formula is C30H36N6O5. The van der Waals surface area contributed by atoms with Crippen molar-refractivity contribution >= 4 is 17.5 Å². The van der Waals surface area contributed by atoms with E-state index in [-0.39, 0.29) is 5.41 Å². The van der Waals surface area contributed by atoms with Crippen LogP contribution in [0.1, 0.15) is 26.5 Å². The van der Waals surface area contributed by atoms with Gasteiger partial charge >= 0.3 is 6.03 Å². The molecule has 3 heterocycles. The third kappa shape index (κ3) is 7.24. The third-order valence-corrected chi connectivity index (χ3v) is 6.75. The minimum atomic E-state index is -0.405. The number of urea groups is 1. The van der Waals surface area contributed by atoms with Gasteiger partial charge in [-0.3, -0.25) is 15.3 Å². The summed E-state index contributed by atoms with van der Waals surface area (Å²) in [5.74, 6) is 2.41. The highest BCUT2D eigenvalue weighted by atomic mass is 16.5. The van der Waals surface area contributed by atoms with Crippen LogP contribution < -0.4 is 20.1 Å². The summed E-state index contributed by atoms with van der Waals surface area (Å²) in [6.07, 6.45) is 0. The molecule has 0 unspecified atom stereocenters. The molecule has 0 saturated carbocycles. The lowest BCUT2D eigenvalue weighted by molar-refractivity contribution is 0.0321. The zero-order chi connectivity index (χ0) is 28.8. The van der Waals surface area contributed by atoms with Crippen LogP contribution in [0, 0.1) is 0 Å². The molecule has 0 atom stereocenters. The van der Waals surface area contributed by atoms with E-state index in [1.807, 2.05) is 69.3 Å². The van der Waals surface area contributed by atoms with Crippen LogP contribution in [0.4, 0.5) is 16.3 Å². The van der Waals surface area contributed by atoms with Crippen LogP contribution in [-0.2, 0) is 10.2 Å². The van der Waals surface area contributed by atoms with Gasteiger partial charge in [-0.25, -0.2) is 4.79 Å². The summed E-state index contributed by atoms with van der Waals surface area (Å²) >= 11 is 0. The van der Waals surface area contributed by atoms with E-state index in [1.165, 1.54) is 0 Å². The van der Waals surface area contributed by atoms with Crippen LogP contribution in [0.3, 0.4) is 0 Å². The predicted octanol–water partition coefficient (Wildman–Crippen LogP) is 5.39. The SMILES string of the molecule is COc1cc(-c2cc(-c3ccc(NC(=O)Nc4cc(C(C)(C)C)on4)cc3)[nH]n2)ccc1OCCN1CCOCC1. The van der Waals surface area contributed by atoms with Gasteiger partial charge in [0.2, 0.25) is 0 Å². The molecule has 11 nitrogen and oxygen atoms in total. The van der Waals surface area contributed by atoms with Crippen molar-refractivity contribution in [2.45, 2.75) is 26.2 Å². The number of morpholine rings is 1. The lowest BCUT2D eigenvalue weighted by atomic mass is 9.93. The molecule has 11 heteroatoms. The molecule has 2 aromatic carbocycles. The van der Waals surface area contributed by atoms with Crippen molar-refractivity contribution in [1.82, 2.24) is 20.3 Å². The van der Waals surface area contributed by atoms with Crippen LogP contribution >= 0.6 is 0 Å². The maximum absolute atomic E-state index is 12.4. The molecule has 0 aliphatic carbocycles. The lowest BCUT2D eigenvalue weighted by Gasteiger charge is -2.26. The maximum Gasteiger partial charge on any atom is 0.324 e. The van der Waals surface area contributed by atoms with E-state index in [2.05, 4.69) is 30.9 Å². The molecule has 1 aliphatic heterocycles. The van der Waals surface area contributed by atoms with Crippen LogP contribution in [0.15, 0.2) is 59.1 Å². The van der Waals surface area contributed by atoms with Gasteiger partial charge in [0.05, 0.1) is 31.7 Å². The summed E-state index contributed by atoms with van der Waals surface area (Å²) < 4.78 is 22.3. The van der Waals surface area contributed by atoms with Crippen molar-refractivity contribution < 1.29 is 23.5 Å². The minimum absolute atomic E-state index is 0.196. The smallest absolute Gasteiger partial charge is 0.324 e. The molecule has 2 aromatic heterocycles. The molecule has 1 aliphatic rings. The zero-order valence-electron chi connectivity index (χ0n) is 23.8. The van der Waals surface area contributed by atoms with E-state index in [1.54, 1.807) is 13.2 Å². The second-order valence-electron chi connectivity index (χ2n) is 10.8. The summed E-state index contributed by atoms with van der Waals surface area (Å²) in [7, 11) is 1.63. The first-order valence-corrected chi connectivity index (χ1v) is 13.6. The summed E-state index contributed by atoms with van der Waals surface area (Å²) in [5.41, 5.74) is 3.90. The van der Waals surface area contributed by atoms with Crippen LogP contribution in [0.5, 0.6) is 11.5 Å². The molecule has 4 aromatic rings. The number of hydrogen-bond donors (Lipinski definition) is 3. The van der Waals surface area contributed by atoms with Crippen molar-refractivity contribution in [2.24, 2.45) is 0 Å². The van der Waals surface area contributed by atoms with Crippen LogP contribution in [0.2, 0.25) is 0 Å². The Labute approximate surface area is 239 Å². The number of H-pyrrole nitrogens is 1. The number of benzene rings is 2. The summed E-state index contributed by atoms with van der Waals surface area (Å²) in [6, 6.07) is 16.6. The van der Waals surface area contributed by atoms with Crippen molar-refractivity contribution in [2.75, 3.05) is 57.2 Å². The second-order valence-corrected chi connectivity index (χ2v) is 10.8. The Balaban J connectivity index is 1.18. The summed E-state index contributed by atoms with van der Waals surface area (Å²) in [6.45, 7) is 10.9. The Morgan fingerprint density at radius 3 is 2.46 bits per heavy atom. The number of methoxy groups -OCH3 is 1. The Hall–Kier alpha value is -4.35. The molecule has 1 fully saturated rings. The Morgan fingerprint density at radius 1 is 1.00 bits per heavy atom. The van der Waals surface area contributed by atoms with Crippen molar-refractivity contribution in [3.05, 3.63) is 60.4 Å².